The lowest BCUT2D eigenvalue weighted by Gasteiger charge is -2.15. The Morgan fingerprint density at radius 2 is 2.19 bits per heavy atom. The number of hydrogen-bond acceptors (Lipinski definition) is 2. The van der Waals surface area contributed by atoms with Gasteiger partial charge in [-0.05, 0) is 31.5 Å². The van der Waals surface area contributed by atoms with Gasteiger partial charge in [-0.3, -0.25) is 4.79 Å². The van der Waals surface area contributed by atoms with Gasteiger partial charge >= 0.3 is 0 Å². The molecule has 0 radical (unpaired) electrons. The van der Waals surface area contributed by atoms with Crippen molar-refractivity contribution in [3.63, 3.8) is 0 Å². The lowest BCUT2D eigenvalue weighted by Crippen LogP contribution is -2.31. The Bertz CT molecular complexity index is 379. The number of halogens is 1. The van der Waals surface area contributed by atoms with Crippen molar-refractivity contribution in [2.24, 2.45) is 0 Å². The number of likely N-dealkylation sites (N-methyl/N-ethyl adjacent to an activating group) is 1. The summed E-state index contributed by atoms with van der Waals surface area (Å²) >= 11 is 5.85. The van der Waals surface area contributed by atoms with Crippen molar-refractivity contribution in [2.75, 3.05) is 20.2 Å². The molecule has 0 heterocycles. The topological polar surface area (TPSA) is 29.5 Å². The van der Waals surface area contributed by atoms with Gasteiger partial charge in [0.25, 0.3) is 5.91 Å². The van der Waals surface area contributed by atoms with E-state index in [2.05, 4.69) is 0 Å². The van der Waals surface area contributed by atoms with E-state index < -0.39 is 0 Å². The predicted molar refractivity (Wildman–Crippen MR) is 65.0 cm³/mol. The van der Waals surface area contributed by atoms with Gasteiger partial charge in [-0.25, -0.2) is 0 Å². The van der Waals surface area contributed by atoms with Crippen molar-refractivity contribution in [3.05, 3.63) is 28.8 Å². The minimum atomic E-state index is -0.0399. The quantitative estimate of drug-likeness (QED) is 0.811. The molecule has 0 bridgehead atoms. The van der Waals surface area contributed by atoms with Crippen LogP contribution in [0.15, 0.2) is 18.2 Å². The Morgan fingerprint density at radius 1 is 1.50 bits per heavy atom. The molecular formula is C12H16ClNO2. The molecule has 0 saturated carbocycles. The largest absolute Gasteiger partial charge is 0.483 e. The normalized spacial score (nSPS) is 10.0. The number of aryl methyl sites for hydroxylation is 1. The molecule has 1 aromatic carbocycles. The first-order valence-corrected chi connectivity index (χ1v) is 5.55. The Morgan fingerprint density at radius 3 is 2.81 bits per heavy atom. The predicted octanol–water partition coefficient (Wildman–Crippen LogP) is 2.51. The number of carbonyl (C=O) groups is 1. The van der Waals surface area contributed by atoms with Crippen LogP contribution in [-0.4, -0.2) is 31.0 Å². The molecule has 0 saturated heterocycles. The summed E-state index contributed by atoms with van der Waals surface area (Å²) in [6, 6.07) is 5.38. The molecule has 0 aliphatic heterocycles. The maximum absolute atomic E-state index is 11.5. The molecule has 0 unspecified atom stereocenters. The Labute approximate surface area is 101 Å². The van der Waals surface area contributed by atoms with E-state index in [0.717, 1.165) is 5.56 Å². The second kappa shape index (κ2) is 5.75. The molecule has 0 atom stereocenters. The minimum Gasteiger partial charge on any atom is -0.483 e. The van der Waals surface area contributed by atoms with E-state index in [9.17, 15) is 4.79 Å². The number of benzene rings is 1. The van der Waals surface area contributed by atoms with Crippen LogP contribution in [-0.2, 0) is 4.79 Å². The van der Waals surface area contributed by atoms with Gasteiger partial charge < -0.3 is 9.64 Å². The smallest absolute Gasteiger partial charge is 0.260 e. The van der Waals surface area contributed by atoms with Crippen LogP contribution in [0.4, 0.5) is 0 Å². The van der Waals surface area contributed by atoms with Crippen LogP contribution in [0.1, 0.15) is 12.5 Å². The highest BCUT2D eigenvalue weighted by Gasteiger charge is 2.08. The van der Waals surface area contributed by atoms with Crippen LogP contribution in [0.3, 0.4) is 0 Å². The monoisotopic (exact) mass is 241 g/mol. The van der Waals surface area contributed by atoms with Gasteiger partial charge in [0.15, 0.2) is 6.61 Å². The molecule has 0 spiro atoms. The van der Waals surface area contributed by atoms with Gasteiger partial charge in [-0.1, -0.05) is 17.7 Å². The highest BCUT2D eigenvalue weighted by atomic mass is 35.5. The van der Waals surface area contributed by atoms with E-state index in [1.54, 1.807) is 24.1 Å². The number of ether oxygens (including phenoxy) is 1. The van der Waals surface area contributed by atoms with Crippen LogP contribution in [0.5, 0.6) is 5.75 Å². The fraction of sp³-hybridized carbons (Fsp3) is 0.417. The zero-order valence-corrected chi connectivity index (χ0v) is 10.5. The molecule has 1 rings (SSSR count). The van der Waals surface area contributed by atoms with Gasteiger partial charge in [0.1, 0.15) is 5.75 Å². The highest BCUT2D eigenvalue weighted by Crippen LogP contribution is 2.22. The lowest BCUT2D eigenvalue weighted by atomic mass is 10.2. The van der Waals surface area contributed by atoms with Crippen molar-refractivity contribution in [3.8, 4) is 5.75 Å². The van der Waals surface area contributed by atoms with E-state index in [4.69, 9.17) is 16.3 Å². The third kappa shape index (κ3) is 3.42. The van der Waals surface area contributed by atoms with E-state index in [1.807, 2.05) is 19.9 Å². The van der Waals surface area contributed by atoms with Crippen LogP contribution >= 0.6 is 11.6 Å². The van der Waals surface area contributed by atoms with E-state index >= 15 is 0 Å². The fourth-order valence-corrected chi connectivity index (χ4v) is 1.32. The maximum atomic E-state index is 11.5. The van der Waals surface area contributed by atoms with E-state index in [-0.39, 0.29) is 12.5 Å². The minimum absolute atomic E-state index is 0.0399. The lowest BCUT2D eigenvalue weighted by molar-refractivity contribution is -0.131. The van der Waals surface area contributed by atoms with Gasteiger partial charge in [-0.2, -0.15) is 0 Å². The fourth-order valence-electron chi connectivity index (χ4n) is 1.16. The van der Waals surface area contributed by atoms with Crippen LogP contribution in [0, 0.1) is 6.92 Å². The zero-order valence-electron chi connectivity index (χ0n) is 9.79. The summed E-state index contributed by atoms with van der Waals surface area (Å²) < 4.78 is 5.43. The second-order valence-electron chi connectivity index (χ2n) is 3.61. The summed E-state index contributed by atoms with van der Waals surface area (Å²) in [6.07, 6.45) is 0. The SMILES string of the molecule is CCN(C)C(=O)COc1cc(Cl)ccc1C. The van der Waals surface area contributed by atoms with Crippen molar-refractivity contribution in [1.82, 2.24) is 4.90 Å². The summed E-state index contributed by atoms with van der Waals surface area (Å²) in [7, 11) is 1.75. The summed E-state index contributed by atoms with van der Waals surface area (Å²) in [6.45, 7) is 4.56. The highest BCUT2D eigenvalue weighted by molar-refractivity contribution is 6.30. The molecular weight excluding hydrogens is 226 g/mol. The average molecular weight is 242 g/mol. The third-order valence-corrected chi connectivity index (χ3v) is 2.64. The number of amides is 1. The third-order valence-electron chi connectivity index (χ3n) is 2.40. The molecule has 0 aliphatic carbocycles. The number of rotatable bonds is 4. The van der Waals surface area contributed by atoms with Crippen molar-refractivity contribution in [1.29, 1.82) is 0 Å². The first-order valence-electron chi connectivity index (χ1n) is 5.17. The summed E-state index contributed by atoms with van der Waals surface area (Å²) in [5.41, 5.74) is 0.969. The maximum Gasteiger partial charge on any atom is 0.260 e. The van der Waals surface area contributed by atoms with Crippen molar-refractivity contribution in [2.45, 2.75) is 13.8 Å². The molecule has 1 amide bonds. The Balaban J connectivity index is 2.61. The first kappa shape index (κ1) is 12.8. The van der Waals surface area contributed by atoms with Crippen molar-refractivity contribution < 1.29 is 9.53 Å². The summed E-state index contributed by atoms with van der Waals surface area (Å²) in [5.74, 6) is 0.618. The van der Waals surface area contributed by atoms with E-state index in [0.29, 0.717) is 17.3 Å². The number of carbonyl (C=O) groups excluding carboxylic acids is 1. The average Bonchev–Trinajstić information content (AvgIpc) is 2.28. The van der Waals surface area contributed by atoms with E-state index in [1.165, 1.54) is 0 Å². The van der Waals surface area contributed by atoms with Gasteiger partial charge in [0, 0.05) is 18.6 Å². The van der Waals surface area contributed by atoms with Crippen molar-refractivity contribution >= 4 is 17.5 Å². The van der Waals surface area contributed by atoms with Gasteiger partial charge in [0.05, 0.1) is 0 Å². The number of nitrogens with zero attached hydrogens (tertiary/aromatic N) is 1. The van der Waals surface area contributed by atoms with Crippen LogP contribution in [0.25, 0.3) is 0 Å². The molecule has 0 N–H and O–H groups in total. The molecule has 0 aromatic heterocycles. The van der Waals surface area contributed by atoms with Crippen LogP contribution in [0.2, 0.25) is 5.02 Å². The molecule has 88 valence electrons. The molecule has 3 nitrogen and oxygen atoms in total. The summed E-state index contributed by atoms with van der Waals surface area (Å²) in [5, 5.41) is 0.608. The number of hydrogen-bond donors (Lipinski definition) is 0. The second-order valence-corrected chi connectivity index (χ2v) is 4.04. The Hall–Kier alpha value is -1.22. The van der Waals surface area contributed by atoms with Gasteiger partial charge in [-0.15, -0.1) is 0 Å². The molecule has 0 aliphatic rings. The standard InChI is InChI=1S/C12H16ClNO2/c1-4-14(3)12(15)8-16-11-7-10(13)6-5-9(11)2/h5-7H,4,8H2,1-3H3. The molecule has 16 heavy (non-hydrogen) atoms. The molecule has 1 aromatic rings. The van der Waals surface area contributed by atoms with Gasteiger partial charge in [0.2, 0.25) is 0 Å². The molecule has 0 fully saturated rings. The molecule has 4 heteroatoms. The Kier molecular flexibility index (Phi) is 4.62. The summed E-state index contributed by atoms with van der Waals surface area (Å²) in [4.78, 5) is 13.1. The first-order chi connectivity index (χ1) is 7.54. The van der Waals surface area contributed by atoms with Crippen LogP contribution < -0.4 is 4.74 Å². The zero-order chi connectivity index (χ0) is 12.1.